The lowest BCUT2D eigenvalue weighted by Gasteiger charge is -2.14. The van der Waals surface area contributed by atoms with E-state index < -0.39 is 29.5 Å². The summed E-state index contributed by atoms with van der Waals surface area (Å²) in [6.07, 6.45) is -9.54. The van der Waals surface area contributed by atoms with Crippen LogP contribution in [0.1, 0.15) is 5.56 Å². The van der Waals surface area contributed by atoms with Gasteiger partial charge in [-0.1, -0.05) is 24.3 Å². The lowest BCUT2D eigenvalue weighted by Crippen LogP contribution is -2.17. The maximum absolute atomic E-state index is 12.8. The summed E-state index contributed by atoms with van der Waals surface area (Å²) < 4.78 is 78.7. The number of nitrogen functional groups attached to an aromatic ring is 1. The number of ether oxygens (including phenoxy) is 1. The van der Waals surface area contributed by atoms with E-state index in [1.165, 1.54) is 18.2 Å². The van der Waals surface area contributed by atoms with Gasteiger partial charge in [-0.25, -0.2) is 0 Å². The summed E-state index contributed by atoms with van der Waals surface area (Å²) in [5, 5.41) is 0. The highest BCUT2D eigenvalue weighted by Crippen LogP contribution is 2.39. The van der Waals surface area contributed by atoms with Gasteiger partial charge in [0.15, 0.2) is 0 Å². The first-order chi connectivity index (χ1) is 10.1. The highest BCUT2D eigenvalue weighted by molar-refractivity contribution is 5.79. The molecule has 0 radical (unpaired) electrons. The minimum absolute atomic E-state index is 0.0255. The molecule has 2 aromatic rings. The molecule has 0 aliphatic rings. The Hall–Kier alpha value is -2.38. The third-order valence-electron chi connectivity index (χ3n) is 2.79. The van der Waals surface area contributed by atoms with Crippen molar-refractivity contribution in [3.63, 3.8) is 0 Å². The Morgan fingerprint density at radius 1 is 0.864 bits per heavy atom. The van der Waals surface area contributed by atoms with Gasteiger partial charge in [-0.3, -0.25) is 0 Å². The van der Waals surface area contributed by atoms with E-state index in [1.807, 2.05) is 0 Å². The fourth-order valence-corrected chi connectivity index (χ4v) is 1.92. The summed E-state index contributed by atoms with van der Waals surface area (Å²) in [5.41, 5.74) is 3.95. The van der Waals surface area contributed by atoms with Crippen LogP contribution in [0.5, 0.6) is 5.75 Å². The first kappa shape index (κ1) is 16.0. The van der Waals surface area contributed by atoms with Gasteiger partial charge in [0.25, 0.3) is 0 Å². The molecule has 0 fully saturated rings. The minimum Gasteiger partial charge on any atom is -0.406 e. The van der Waals surface area contributed by atoms with Crippen molar-refractivity contribution in [1.29, 1.82) is 0 Å². The first-order valence-electron chi connectivity index (χ1n) is 5.90. The average Bonchev–Trinajstić information content (AvgIpc) is 2.35. The van der Waals surface area contributed by atoms with Crippen molar-refractivity contribution < 1.29 is 31.1 Å². The zero-order valence-electron chi connectivity index (χ0n) is 10.8. The van der Waals surface area contributed by atoms with Crippen molar-refractivity contribution in [1.82, 2.24) is 0 Å². The standard InChI is InChI=1S/C14H9F6NO/c15-13(16,17)11-6-2-5-10(12(11)21)8-3-1-4-9(7-8)22-14(18,19)20/h1-7H,21H2. The second-order valence-corrected chi connectivity index (χ2v) is 4.34. The van der Waals surface area contributed by atoms with Gasteiger partial charge in [-0.2, -0.15) is 13.2 Å². The van der Waals surface area contributed by atoms with E-state index in [0.717, 1.165) is 24.3 Å². The van der Waals surface area contributed by atoms with E-state index in [2.05, 4.69) is 4.74 Å². The molecule has 118 valence electrons. The fourth-order valence-electron chi connectivity index (χ4n) is 1.92. The predicted octanol–water partition coefficient (Wildman–Crippen LogP) is 4.85. The molecule has 0 saturated carbocycles. The van der Waals surface area contributed by atoms with E-state index in [9.17, 15) is 26.3 Å². The van der Waals surface area contributed by atoms with E-state index in [-0.39, 0.29) is 11.1 Å². The molecule has 8 heteroatoms. The molecule has 0 saturated heterocycles. The third-order valence-corrected chi connectivity index (χ3v) is 2.79. The Morgan fingerprint density at radius 2 is 1.50 bits per heavy atom. The zero-order chi connectivity index (χ0) is 16.5. The summed E-state index contributed by atoms with van der Waals surface area (Å²) in [7, 11) is 0. The summed E-state index contributed by atoms with van der Waals surface area (Å²) >= 11 is 0. The molecule has 0 amide bonds. The quantitative estimate of drug-likeness (QED) is 0.634. The van der Waals surface area contributed by atoms with Crippen LogP contribution in [0, 0.1) is 0 Å². The van der Waals surface area contributed by atoms with Crippen LogP contribution in [0.4, 0.5) is 32.0 Å². The zero-order valence-corrected chi connectivity index (χ0v) is 10.8. The molecule has 2 N–H and O–H groups in total. The Bertz CT molecular complexity index is 678. The Kier molecular flexibility index (Phi) is 3.95. The highest BCUT2D eigenvalue weighted by Gasteiger charge is 2.34. The predicted molar refractivity (Wildman–Crippen MR) is 68.0 cm³/mol. The van der Waals surface area contributed by atoms with Crippen LogP contribution in [-0.2, 0) is 6.18 Å². The lowest BCUT2D eigenvalue weighted by atomic mass is 10.00. The summed E-state index contributed by atoms with van der Waals surface area (Å²) in [6.45, 7) is 0. The van der Waals surface area contributed by atoms with E-state index >= 15 is 0 Å². The molecule has 0 aromatic heterocycles. The lowest BCUT2D eigenvalue weighted by molar-refractivity contribution is -0.274. The van der Waals surface area contributed by atoms with Crippen LogP contribution in [0.25, 0.3) is 11.1 Å². The normalized spacial score (nSPS) is 12.3. The molecule has 0 heterocycles. The van der Waals surface area contributed by atoms with E-state index in [4.69, 9.17) is 5.73 Å². The molecule has 0 unspecified atom stereocenters. The molecule has 2 nitrogen and oxygen atoms in total. The van der Waals surface area contributed by atoms with Crippen molar-refractivity contribution in [3.8, 4) is 16.9 Å². The van der Waals surface area contributed by atoms with E-state index in [1.54, 1.807) is 0 Å². The van der Waals surface area contributed by atoms with Crippen molar-refractivity contribution >= 4 is 5.69 Å². The van der Waals surface area contributed by atoms with Gasteiger partial charge in [0, 0.05) is 5.56 Å². The van der Waals surface area contributed by atoms with Gasteiger partial charge in [-0.15, -0.1) is 13.2 Å². The van der Waals surface area contributed by atoms with Gasteiger partial charge in [0.05, 0.1) is 11.3 Å². The first-order valence-corrected chi connectivity index (χ1v) is 5.90. The summed E-state index contributed by atoms with van der Waals surface area (Å²) in [5.74, 6) is -0.540. The average molecular weight is 321 g/mol. The molecule has 0 bridgehead atoms. The minimum atomic E-state index is -4.89. The number of rotatable bonds is 2. The summed E-state index contributed by atoms with van der Waals surface area (Å²) in [6, 6.07) is 7.81. The van der Waals surface area contributed by atoms with Crippen molar-refractivity contribution in [2.75, 3.05) is 5.73 Å². The van der Waals surface area contributed by atoms with Gasteiger partial charge in [-0.05, 0) is 23.8 Å². The molecule has 0 aliphatic carbocycles. The maximum Gasteiger partial charge on any atom is 0.573 e. The number of hydrogen-bond acceptors (Lipinski definition) is 2. The van der Waals surface area contributed by atoms with Crippen LogP contribution in [0.2, 0.25) is 0 Å². The largest absolute Gasteiger partial charge is 0.573 e. The second-order valence-electron chi connectivity index (χ2n) is 4.34. The monoisotopic (exact) mass is 321 g/mol. The number of benzene rings is 2. The molecular formula is C14H9F6NO. The van der Waals surface area contributed by atoms with Crippen LogP contribution in [0.3, 0.4) is 0 Å². The number of anilines is 1. The molecule has 2 rings (SSSR count). The highest BCUT2D eigenvalue weighted by atomic mass is 19.4. The van der Waals surface area contributed by atoms with Crippen LogP contribution in [-0.4, -0.2) is 6.36 Å². The van der Waals surface area contributed by atoms with Crippen LogP contribution >= 0.6 is 0 Å². The second kappa shape index (κ2) is 5.43. The number of para-hydroxylation sites is 1. The molecule has 0 atom stereocenters. The topological polar surface area (TPSA) is 35.2 Å². The number of hydrogen-bond donors (Lipinski definition) is 1. The Morgan fingerprint density at radius 3 is 2.09 bits per heavy atom. The van der Waals surface area contributed by atoms with Crippen LogP contribution < -0.4 is 10.5 Å². The molecule has 0 aliphatic heterocycles. The molecule has 22 heavy (non-hydrogen) atoms. The number of nitrogens with two attached hydrogens (primary N) is 1. The summed E-state index contributed by atoms with van der Waals surface area (Å²) in [4.78, 5) is 0. The van der Waals surface area contributed by atoms with Gasteiger partial charge >= 0.3 is 12.5 Å². The van der Waals surface area contributed by atoms with E-state index in [0.29, 0.717) is 0 Å². The number of alkyl halides is 6. The van der Waals surface area contributed by atoms with Gasteiger partial charge in [0.2, 0.25) is 0 Å². The van der Waals surface area contributed by atoms with Gasteiger partial charge < -0.3 is 10.5 Å². The molecule has 2 aromatic carbocycles. The van der Waals surface area contributed by atoms with Gasteiger partial charge in [0.1, 0.15) is 5.75 Å². The third kappa shape index (κ3) is 3.63. The maximum atomic E-state index is 12.8. The number of halogens is 6. The smallest absolute Gasteiger partial charge is 0.406 e. The molecular weight excluding hydrogens is 312 g/mol. The van der Waals surface area contributed by atoms with Crippen LogP contribution in [0.15, 0.2) is 42.5 Å². The van der Waals surface area contributed by atoms with Crippen molar-refractivity contribution in [2.24, 2.45) is 0 Å². The Balaban J connectivity index is 2.47. The van der Waals surface area contributed by atoms with Crippen molar-refractivity contribution in [2.45, 2.75) is 12.5 Å². The van der Waals surface area contributed by atoms with Crippen molar-refractivity contribution in [3.05, 3.63) is 48.0 Å². The molecule has 0 spiro atoms. The SMILES string of the molecule is Nc1c(-c2cccc(OC(F)(F)F)c2)cccc1C(F)(F)F. The fraction of sp³-hybridized carbons (Fsp3) is 0.143. The Labute approximate surface area is 121 Å².